The maximum absolute atomic E-state index is 12.7. The van der Waals surface area contributed by atoms with E-state index in [2.05, 4.69) is 9.88 Å². The Morgan fingerprint density at radius 3 is 2.60 bits per heavy atom. The first-order chi connectivity index (χ1) is 11.7. The molecule has 1 aromatic heterocycles. The molecule has 1 N–H and O–H groups in total. The first-order valence-corrected chi connectivity index (χ1v) is 8.97. The number of carbonyl (C=O) groups is 1. The molecule has 3 rings (SSSR count). The van der Waals surface area contributed by atoms with Crippen LogP contribution >= 0.6 is 0 Å². The third kappa shape index (κ3) is 3.71. The number of aromatic nitrogens is 1. The van der Waals surface area contributed by atoms with Crippen LogP contribution in [0.15, 0.2) is 18.3 Å². The standard InChI is InChI=1S/C19H29N3O3/c1-14-5-6-15(12-20-14)17(23)22-9-7-19(8-10-22)11-16(21(3)4)18(2,24)13-25-19/h5-6,12,16,24H,7-11,13H2,1-4H3/t16-,18-/m0/s1. The van der Waals surface area contributed by atoms with Crippen LogP contribution in [-0.4, -0.2) is 76.8 Å². The molecule has 2 aliphatic rings. The minimum atomic E-state index is -0.838. The van der Waals surface area contributed by atoms with E-state index in [4.69, 9.17) is 4.74 Å². The van der Waals surface area contributed by atoms with Crippen molar-refractivity contribution in [3.8, 4) is 0 Å². The highest BCUT2D eigenvalue weighted by Crippen LogP contribution is 2.39. The number of piperidine rings is 1. The molecule has 0 bridgehead atoms. The summed E-state index contributed by atoms with van der Waals surface area (Å²) in [4.78, 5) is 20.8. The minimum absolute atomic E-state index is 0.0364. The van der Waals surface area contributed by atoms with Crippen molar-refractivity contribution in [2.75, 3.05) is 33.8 Å². The number of likely N-dealkylation sites (tertiary alicyclic amines) is 1. The van der Waals surface area contributed by atoms with Crippen LogP contribution in [0, 0.1) is 6.92 Å². The molecule has 3 heterocycles. The highest BCUT2D eigenvalue weighted by molar-refractivity contribution is 5.94. The molecule has 138 valence electrons. The quantitative estimate of drug-likeness (QED) is 0.877. The molecule has 0 radical (unpaired) electrons. The Kier molecular flexibility index (Phi) is 4.88. The topological polar surface area (TPSA) is 65.9 Å². The number of rotatable bonds is 2. The largest absolute Gasteiger partial charge is 0.386 e. The molecule has 1 spiro atoms. The van der Waals surface area contributed by atoms with E-state index in [1.807, 2.05) is 45.0 Å². The normalized spacial score (nSPS) is 29.2. The fourth-order valence-corrected chi connectivity index (χ4v) is 4.01. The second-order valence-corrected chi connectivity index (χ2v) is 7.99. The van der Waals surface area contributed by atoms with E-state index in [9.17, 15) is 9.90 Å². The molecular formula is C19H29N3O3. The van der Waals surface area contributed by atoms with Crippen LogP contribution in [0.5, 0.6) is 0 Å². The molecule has 2 saturated heterocycles. The van der Waals surface area contributed by atoms with Gasteiger partial charge in [0.05, 0.1) is 17.8 Å². The highest BCUT2D eigenvalue weighted by atomic mass is 16.5. The van der Waals surface area contributed by atoms with Gasteiger partial charge < -0.3 is 19.6 Å². The number of pyridine rings is 1. The molecule has 2 aliphatic heterocycles. The van der Waals surface area contributed by atoms with E-state index in [1.165, 1.54) is 0 Å². The number of aryl methyl sites for hydroxylation is 1. The molecule has 1 amide bonds. The molecule has 0 aromatic carbocycles. The number of likely N-dealkylation sites (N-methyl/N-ethyl adjacent to an activating group) is 1. The minimum Gasteiger partial charge on any atom is -0.386 e. The summed E-state index contributed by atoms with van der Waals surface area (Å²) in [5.41, 5.74) is 0.473. The average molecular weight is 347 g/mol. The predicted molar refractivity (Wildman–Crippen MR) is 95.5 cm³/mol. The fourth-order valence-electron chi connectivity index (χ4n) is 4.01. The first kappa shape index (κ1) is 18.3. The van der Waals surface area contributed by atoms with Gasteiger partial charge in [-0.1, -0.05) is 0 Å². The van der Waals surface area contributed by atoms with Gasteiger partial charge in [-0.05, 0) is 59.3 Å². The van der Waals surface area contributed by atoms with Crippen molar-refractivity contribution in [1.29, 1.82) is 0 Å². The van der Waals surface area contributed by atoms with E-state index in [0.29, 0.717) is 25.3 Å². The number of aliphatic hydroxyl groups is 1. The maximum atomic E-state index is 12.7. The van der Waals surface area contributed by atoms with Gasteiger partial charge in [0.15, 0.2) is 0 Å². The Hall–Kier alpha value is -1.50. The van der Waals surface area contributed by atoms with Crippen LogP contribution in [0.3, 0.4) is 0 Å². The summed E-state index contributed by atoms with van der Waals surface area (Å²) >= 11 is 0. The van der Waals surface area contributed by atoms with Gasteiger partial charge in [0.2, 0.25) is 0 Å². The van der Waals surface area contributed by atoms with Gasteiger partial charge in [-0.25, -0.2) is 0 Å². The zero-order valence-corrected chi connectivity index (χ0v) is 15.7. The zero-order chi connectivity index (χ0) is 18.2. The molecule has 25 heavy (non-hydrogen) atoms. The summed E-state index contributed by atoms with van der Waals surface area (Å²) in [6, 6.07) is 3.77. The van der Waals surface area contributed by atoms with Gasteiger partial charge in [0, 0.05) is 31.0 Å². The van der Waals surface area contributed by atoms with Gasteiger partial charge in [-0.2, -0.15) is 0 Å². The number of hydrogen-bond donors (Lipinski definition) is 1. The van der Waals surface area contributed by atoms with Crippen molar-refractivity contribution in [2.24, 2.45) is 0 Å². The number of amides is 1. The lowest BCUT2D eigenvalue weighted by molar-refractivity contribution is -0.205. The SMILES string of the molecule is Cc1ccc(C(=O)N2CCC3(CC2)C[C@H](N(C)C)[C@@](C)(O)CO3)cn1. The highest BCUT2D eigenvalue weighted by Gasteiger charge is 2.49. The second kappa shape index (κ2) is 6.67. The Morgan fingerprint density at radius 1 is 1.36 bits per heavy atom. The number of ether oxygens (including phenoxy) is 1. The van der Waals surface area contributed by atoms with Crippen LogP contribution in [-0.2, 0) is 4.74 Å². The molecule has 6 nitrogen and oxygen atoms in total. The Bertz CT molecular complexity index is 619. The first-order valence-electron chi connectivity index (χ1n) is 8.97. The fraction of sp³-hybridized carbons (Fsp3) is 0.684. The second-order valence-electron chi connectivity index (χ2n) is 7.99. The van der Waals surface area contributed by atoms with Gasteiger partial charge >= 0.3 is 0 Å². The van der Waals surface area contributed by atoms with E-state index in [0.717, 1.165) is 25.0 Å². The third-order valence-corrected chi connectivity index (χ3v) is 5.70. The van der Waals surface area contributed by atoms with Crippen molar-refractivity contribution in [3.05, 3.63) is 29.6 Å². The molecule has 1 aromatic rings. The summed E-state index contributed by atoms with van der Waals surface area (Å²) in [6.07, 6.45) is 4.05. The predicted octanol–water partition coefficient (Wildman–Crippen LogP) is 1.47. The summed E-state index contributed by atoms with van der Waals surface area (Å²) in [6.45, 7) is 5.44. The van der Waals surface area contributed by atoms with Crippen LogP contribution in [0.2, 0.25) is 0 Å². The summed E-state index contributed by atoms with van der Waals surface area (Å²) in [7, 11) is 4.00. The zero-order valence-electron chi connectivity index (χ0n) is 15.7. The van der Waals surface area contributed by atoms with Gasteiger partial charge in [-0.15, -0.1) is 0 Å². The summed E-state index contributed by atoms with van der Waals surface area (Å²) in [5.74, 6) is 0.0364. The smallest absolute Gasteiger partial charge is 0.255 e. The number of carbonyl (C=O) groups excluding carboxylic acids is 1. The Morgan fingerprint density at radius 2 is 2.04 bits per heavy atom. The third-order valence-electron chi connectivity index (χ3n) is 5.70. The van der Waals surface area contributed by atoms with Gasteiger partial charge in [-0.3, -0.25) is 9.78 Å². The Labute approximate surface area is 149 Å². The van der Waals surface area contributed by atoms with E-state index < -0.39 is 5.60 Å². The lowest BCUT2D eigenvalue weighted by atomic mass is 9.77. The summed E-state index contributed by atoms with van der Waals surface area (Å²) in [5, 5.41) is 10.6. The van der Waals surface area contributed by atoms with E-state index in [1.54, 1.807) is 6.20 Å². The van der Waals surface area contributed by atoms with Gasteiger partial charge in [0.25, 0.3) is 5.91 Å². The molecule has 2 fully saturated rings. The maximum Gasteiger partial charge on any atom is 0.255 e. The number of nitrogens with zero attached hydrogens (tertiary/aromatic N) is 3. The molecule has 0 unspecified atom stereocenters. The average Bonchev–Trinajstić information content (AvgIpc) is 2.58. The van der Waals surface area contributed by atoms with Crippen LogP contribution in [0.1, 0.15) is 42.2 Å². The molecule has 6 heteroatoms. The van der Waals surface area contributed by atoms with E-state index >= 15 is 0 Å². The van der Waals surface area contributed by atoms with E-state index in [-0.39, 0.29) is 17.6 Å². The van der Waals surface area contributed by atoms with Crippen molar-refractivity contribution in [2.45, 2.75) is 50.4 Å². The lowest BCUT2D eigenvalue weighted by Gasteiger charge is -2.52. The van der Waals surface area contributed by atoms with Crippen LogP contribution in [0.4, 0.5) is 0 Å². The summed E-state index contributed by atoms with van der Waals surface area (Å²) < 4.78 is 6.12. The van der Waals surface area contributed by atoms with Gasteiger partial charge in [0.1, 0.15) is 5.60 Å². The molecular weight excluding hydrogens is 318 g/mol. The Balaban J connectivity index is 1.65. The molecule has 0 aliphatic carbocycles. The van der Waals surface area contributed by atoms with Crippen LogP contribution < -0.4 is 0 Å². The monoisotopic (exact) mass is 347 g/mol. The number of hydrogen-bond acceptors (Lipinski definition) is 5. The van der Waals surface area contributed by atoms with Crippen LogP contribution in [0.25, 0.3) is 0 Å². The van der Waals surface area contributed by atoms with Crippen molar-refractivity contribution >= 4 is 5.91 Å². The molecule has 2 atom stereocenters. The molecule has 0 saturated carbocycles. The van der Waals surface area contributed by atoms with Crippen molar-refractivity contribution in [3.63, 3.8) is 0 Å². The van der Waals surface area contributed by atoms with Crippen molar-refractivity contribution < 1.29 is 14.6 Å². The lowest BCUT2D eigenvalue weighted by Crippen LogP contribution is -2.62. The van der Waals surface area contributed by atoms with Crippen molar-refractivity contribution in [1.82, 2.24) is 14.8 Å².